The molecule has 0 spiro atoms. The molecule has 0 aromatic heterocycles. The van der Waals surface area contributed by atoms with Crippen molar-refractivity contribution in [1.82, 2.24) is 0 Å². The molecule has 0 aliphatic rings. The van der Waals surface area contributed by atoms with Crippen molar-refractivity contribution < 1.29 is 14.3 Å². The average molecular weight is 211 g/mol. The van der Waals surface area contributed by atoms with E-state index in [-0.39, 0.29) is 18.7 Å². The number of primary amides is 1. The number of benzene rings is 1. The lowest BCUT2D eigenvalue weighted by molar-refractivity contribution is -0.118. The minimum absolute atomic E-state index is 0.123. The first kappa shape index (κ1) is 11.7. The zero-order chi connectivity index (χ0) is 11.4. The normalized spacial score (nSPS) is 12.5. The van der Waals surface area contributed by atoms with E-state index in [0.717, 1.165) is 0 Å². The highest BCUT2D eigenvalue weighted by Crippen LogP contribution is 2.20. The van der Waals surface area contributed by atoms with Crippen LogP contribution in [0.3, 0.4) is 0 Å². The van der Waals surface area contributed by atoms with Gasteiger partial charge in [-0.2, -0.15) is 0 Å². The number of aryl methyl sites for hydroxylation is 1. The van der Waals surface area contributed by atoms with Crippen molar-refractivity contribution in [2.24, 2.45) is 5.73 Å². The summed E-state index contributed by atoms with van der Waals surface area (Å²) in [6.07, 6.45) is -0.380. The first-order chi connectivity index (χ1) is 7.00. The van der Waals surface area contributed by atoms with Crippen molar-refractivity contribution in [1.29, 1.82) is 0 Å². The summed E-state index contributed by atoms with van der Waals surface area (Å²) in [6, 6.07) is 4.38. The third-order valence-corrected chi connectivity index (χ3v) is 2.23. The van der Waals surface area contributed by atoms with Crippen molar-refractivity contribution in [2.45, 2.75) is 25.9 Å². The van der Waals surface area contributed by atoms with Crippen LogP contribution in [-0.4, -0.2) is 11.0 Å². The molecule has 3 nitrogen and oxygen atoms in total. The predicted octanol–water partition coefficient (Wildman–Crippen LogP) is 1.43. The van der Waals surface area contributed by atoms with Gasteiger partial charge in [-0.05, 0) is 30.5 Å². The summed E-state index contributed by atoms with van der Waals surface area (Å²) in [7, 11) is 0. The van der Waals surface area contributed by atoms with E-state index in [1.54, 1.807) is 13.0 Å². The Morgan fingerprint density at radius 2 is 2.27 bits per heavy atom. The highest BCUT2D eigenvalue weighted by Gasteiger charge is 2.10. The van der Waals surface area contributed by atoms with Crippen LogP contribution < -0.4 is 5.73 Å². The van der Waals surface area contributed by atoms with Crippen LogP contribution in [0.5, 0.6) is 0 Å². The van der Waals surface area contributed by atoms with Gasteiger partial charge >= 0.3 is 0 Å². The fourth-order valence-electron chi connectivity index (χ4n) is 1.32. The van der Waals surface area contributed by atoms with Crippen LogP contribution >= 0.6 is 0 Å². The van der Waals surface area contributed by atoms with Gasteiger partial charge in [0.15, 0.2) is 0 Å². The van der Waals surface area contributed by atoms with Crippen LogP contribution in [0.2, 0.25) is 0 Å². The van der Waals surface area contributed by atoms with Gasteiger partial charge in [0.1, 0.15) is 5.82 Å². The van der Waals surface area contributed by atoms with E-state index in [9.17, 15) is 14.3 Å². The second-order valence-electron chi connectivity index (χ2n) is 3.53. The van der Waals surface area contributed by atoms with Gasteiger partial charge in [-0.1, -0.05) is 12.1 Å². The van der Waals surface area contributed by atoms with E-state index < -0.39 is 12.0 Å². The minimum Gasteiger partial charge on any atom is -0.388 e. The second-order valence-corrected chi connectivity index (χ2v) is 3.53. The lowest BCUT2D eigenvalue weighted by atomic mass is 10.0. The predicted molar refractivity (Wildman–Crippen MR) is 54.5 cm³/mol. The summed E-state index contributed by atoms with van der Waals surface area (Å²) in [5.74, 6) is -0.756. The summed E-state index contributed by atoms with van der Waals surface area (Å²) < 4.78 is 12.9. The van der Waals surface area contributed by atoms with Crippen molar-refractivity contribution in [2.75, 3.05) is 0 Å². The third kappa shape index (κ3) is 3.32. The van der Waals surface area contributed by atoms with Crippen LogP contribution in [0, 0.1) is 12.7 Å². The number of amides is 1. The molecule has 1 unspecified atom stereocenters. The Kier molecular flexibility index (Phi) is 3.80. The number of nitrogens with two attached hydrogens (primary N) is 1. The van der Waals surface area contributed by atoms with E-state index in [1.165, 1.54) is 12.1 Å². The van der Waals surface area contributed by atoms with Crippen molar-refractivity contribution in [3.8, 4) is 0 Å². The maximum absolute atomic E-state index is 12.9. The van der Waals surface area contributed by atoms with Gasteiger partial charge in [0.25, 0.3) is 0 Å². The lowest BCUT2D eigenvalue weighted by Crippen LogP contribution is -2.12. The molecule has 82 valence electrons. The molecule has 1 aromatic rings. The van der Waals surface area contributed by atoms with Gasteiger partial charge < -0.3 is 10.8 Å². The molecule has 4 heteroatoms. The van der Waals surface area contributed by atoms with Gasteiger partial charge in [-0.15, -0.1) is 0 Å². The molecule has 0 radical (unpaired) electrons. The maximum atomic E-state index is 12.9. The maximum Gasteiger partial charge on any atom is 0.217 e. The monoisotopic (exact) mass is 211 g/mol. The van der Waals surface area contributed by atoms with Crippen LogP contribution in [0.1, 0.15) is 30.1 Å². The summed E-state index contributed by atoms with van der Waals surface area (Å²) in [5, 5.41) is 9.65. The smallest absolute Gasteiger partial charge is 0.217 e. The number of aliphatic hydroxyl groups is 1. The number of hydrogen-bond donors (Lipinski definition) is 2. The van der Waals surface area contributed by atoms with Crippen molar-refractivity contribution >= 4 is 5.91 Å². The fourth-order valence-corrected chi connectivity index (χ4v) is 1.32. The molecule has 0 saturated heterocycles. The Morgan fingerprint density at radius 3 is 2.80 bits per heavy atom. The molecule has 0 heterocycles. The number of carbonyl (C=O) groups excluding carboxylic acids is 1. The largest absolute Gasteiger partial charge is 0.388 e. The van der Waals surface area contributed by atoms with E-state index in [2.05, 4.69) is 0 Å². The Morgan fingerprint density at radius 1 is 1.60 bits per heavy atom. The van der Waals surface area contributed by atoms with Gasteiger partial charge in [-0.25, -0.2) is 4.39 Å². The molecule has 0 saturated carbocycles. The first-order valence-corrected chi connectivity index (χ1v) is 4.73. The molecule has 0 aliphatic carbocycles. The third-order valence-electron chi connectivity index (χ3n) is 2.23. The summed E-state index contributed by atoms with van der Waals surface area (Å²) in [6.45, 7) is 1.62. The minimum atomic E-state index is -0.767. The van der Waals surface area contributed by atoms with Gasteiger partial charge in [0.05, 0.1) is 6.10 Å². The van der Waals surface area contributed by atoms with Crippen molar-refractivity contribution in [3.05, 3.63) is 35.1 Å². The van der Waals surface area contributed by atoms with Crippen LogP contribution in [0.15, 0.2) is 18.2 Å². The Labute approximate surface area is 87.7 Å². The highest BCUT2D eigenvalue weighted by atomic mass is 19.1. The lowest BCUT2D eigenvalue weighted by Gasteiger charge is -2.10. The summed E-state index contributed by atoms with van der Waals surface area (Å²) >= 11 is 0. The molecule has 1 amide bonds. The Bertz CT molecular complexity index is 366. The molecular weight excluding hydrogens is 197 g/mol. The zero-order valence-corrected chi connectivity index (χ0v) is 8.53. The fraction of sp³-hybridized carbons (Fsp3) is 0.364. The number of carbonyl (C=O) groups is 1. The molecule has 0 aliphatic heterocycles. The number of halogens is 1. The molecule has 0 bridgehead atoms. The number of rotatable bonds is 4. The van der Waals surface area contributed by atoms with E-state index in [0.29, 0.717) is 11.1 Å². The van der Waals surface area contributed by atoms with Crippen LogP contribution in [-0.2, 0) is 4.79 Å². The summed E-state index contributed by atoms with van der Waals surface area (Å²) in [5.41, 5.74) is 6.05. The Hall–Kier alpha value is -1.42. The standard InChI is InChI=1S/C11H14FNO2/c1-7-6-8(2-3-9(7)12)10(14)4-5-11(13)15/h2-3,6,10,14H,4-5H2,1H3,(H2,13,15). The molecule has 15 heavy (non-hydrogen) atoms. The van der Waals surface area contributed by atoms with E-state index in [4.69, 9.17) is 5.73 Å². The number of hydrogen-bond acceptors (Lipinski definition) is 2. The first-order valence-electron chi connectivity index (χ1n) is 4.73. The average Bonchev–Trinajstić information content (AvgIpc) is 2.18. The summed E-state index contributed by atoms with van der Waals surface area (Å²) in [4.78, 5) is 10.5. The van der Waals surface area contributed by atoms with E-state index in [1.807, 2.05) is 0 Å². The zero-order valence-electron chi connectivity index (χ0n) is 8.53. The molecular formula is C11H14FNO2. The van der Waals surface area contributed by atoms with Gasteiger partial charge in [0, 0.05) is 6.42 Å². The van der Waals surface area contributed by atoms with Gasteiger partial charge in [0.2, 0.25) is 5.91 Å². The molecule has 1 atom stereocenters. The molecule has 1 rings (SSSR count). The van der Waals surface area contributed by atoms with E-state index >= 15 is 0 Å². The second kappa shape index (κ2) is 4.89. The molecule has 0 fully saturated rings. The molecule has 1 aromatic carbocycles. The number of aliphatic hydroxyl groups excluding tert-OH is 1. The van der Waals surface area contributed by atoms with Crippen molar-refractivity contribution in [3.63, 3.8) is 0 Å². The SMILES string of the molecule is Cc1cc(C(O)CCC(N)=O)ccc1F. The Balaban J connectivity index is 2.69. The quantitative estimate of drug-likeness (QED) is 0.791. The molecule has 3 N–H and O–H groups in total. The topological polar surface area (TPSA) is 63.3 Å². The highest BCUT2D eigenvalue weighted by molar-refractivity contribution is 5.73. The van der Waals surface area contributed by atoms with Crippen LogP contribution in [0.4, 0.5) is 4.39 Å². The van der Waals surface area contributed by atoms with Gasteiger partial charge in [-0.3, -0.25) is 4.79 Å². The van der Waals surface area contributed by atoms with Crippen LogP contribution in [0.25, 0.3) is 0 Å².